The van der Waals surface area contributed by atoms with E-state index < -0.39 is 61.1 Å². The molecule has 12 heteroatoms. The third-order valence-electron chi connectivity index (χ3n) is 5.05. The summed E-state index contributed by atoms with van der Waals surface area (Å²) < 4.78 is 15.3. The first-order valence-electron chi connectivity index (χ1n) is 9.55. The van der Waals surface area contributed by atoms with E-state index in [1.54, 1.807) is 0 Å². The second kappa shape index (κ2) is 10.7. The number of ether oxygens (including phenoxy) is 3. The highest BCUT2D eigenvalue weighted by Crippen LogP contribution is 2.33. The zero-order valence-electron chi connectivity index (χ0n) is 17.4. The molecule has 1 aromatic rings. The Bertz CT molecular complexity index is 845. The number of nitrogens with one attached hydrogen (secondary N) is 1. The van der Waals surface area contributed by atoms with E-state index >= 15 is 0 Å². The van der Waals surface area contributed by atoms with Crippen LogP contribution in [0.15, 0.2) is 24.3 Å². The third kappa shape index (κ3) is 5.54. The summed E-state index contributed by atoms with van der Waals surface area (Å²) in [6.45, 7) is -0.861. The molecule has 2 rings (SSSR count). The number of amides is 1. The molecule has 1 aliphatic rings. The maximum atomic E-state index is 12.4. The van der Waals surface area contributed by atoms with Crippen LogP contribution in [-0.2, 0) is 23.8 Å². The van der Waals surface area contributed by atoms with Crippen LogP contribution in [-0.4, -0.2) is 99.6 Å². The number of carbonyl (C=O) groups excluding carboxylic acids is 2. The molecule has 0 radical (unpaired) electrons. The number of carbonyl (C=O) groups is 2. The lowest BCUT2D eigenvalue weighted by molar-refractivity contribution is -0.304. The Labute approximate surface area is 183 Å². The topological polar surface area (TPSA) is 195 Å². The second-order valence-electron chi connectivity index (χ2n) is 7.16. The van der Waals surface area contributed by atoms with Gasteiger partial charge in [0.25, 0.3) is 5.79 Å². The molecule has 1 aromatic carbocycles. The summed E-state index contributed by atoms with van der Waals surface area (Å²) in [4.78, 5) is 24.6. The molecule has 178 valence electrons. The van der Waals surface area contributed by atoms with E-state index in [2.05, 4.69) is 10.1 Å². The van der Waals surface area contributed by atoms with Crippen LogP contribution < -0.4 is 5.32 Å². The molecule has 12 nitrogen and oxygen atoms in total. The van der Waals surface area contributed by atoms with Gasteiger partial charge in [-0.15, -0.1) is 0 Å². The van der Waals surface area contributed by atoms with Crippen molar-refractivity contribution >= 4 is 18.0 Å². The summed E-state index contributed by atoms with van der Waals surface area (Å²) in [5.74, 6) is -4.59. The quantitative estimate of drug-likeness (QED) is 0.129. The van der Waals surface area contributed by atoms with Crippen LogP contribution in [0.3, 0.4) is 0 Å². The standard InChI is InChI=1S/C20H27NO11/c1-30-19(29)20(31-2)8-13(25)16(18(32-20)17(28)14(26)9-22)21-15(27)6-4-10-3-5-11(23)12(24)7-10/h3-7,13-14,16-18,22-26,28H,8-9H2,1-2H3,(H,21,27)/b6-4+/t13-,14+,16+,17+,18+,20-/m0/s1. The van der Waals surface area contributed by atoms with E-state index in [4.69, 9.17) is 9.47 Å². The van der Waals surface area contributed by atoms with Crippen molar-refractivity contribution in [2.24, 2.45) is 0 Å². The highest BCUT2D eigenvalue weighted by atomic mass is 16.7. The fourth-order valence-corrected chi connectivity index (χ4v) is 3.28. The Morgan fingerprint density at radius 3 is 2.53 bits per heavy atom. The van der Waals surface area contributed by atoms with Gasteiger partial charge in [-0.1, -0.05) is 6.07 Å². The molecular weight excluding hydrogens is 430 g/mol. The first-order chi connectivity index (χ1) is 15.1. The zero-order chi connectivity index (χ0) is 24.1. The van der Waals surface area contributed by atoms with E-state index in [0.717, 1.165) is 20.3 Å². The molecule has 1 fully saturated rings. The summed E-state index contributed by atoms with van der Waals surface area (Å²) in [6, 6.07) is 2.56. The minimum absolute atomic E-state index is 0.333. The monoisotopic (exact) mass is 457 g/mol. The number of benzene rings is 1. The van der Waals surface area contributed by atoms with Gasteiger partial charge >= 0.3 is 5.97 Å². The van der Waals surface area contributed by atoms with Gasteiger partial charge in [-0.3, -0.25) is 4.79 Å². The van der Waals surface area contributed by atoms with Gasteiger partial charge in [-0.2, -0.15) is 0 Å². The largest absolute Gasteiger partial charge is 0.504 e. The Hall–Kier alpha value is -2.74. The van der Waals surface area contributed by atoms with Crippen molar-refractivity contribution in [3.8, 4) is 11.5 Å². The highest BCUT2D eigenvalue weighted by molar-refractivity contribution is 5.92. The molecule has 1 heterocycles. The molecule has 1 amide bonds. The number of methoxy groups -OCH3 is 2. The van der Waals surface area contributed by atoms with E-state index in [0.29, 0.717) is 5.56 Å². The normalized spacial score (nSPS) is 27.6. The Kier molecular flexibility index (Phi) is 8.55. The van der Waals surface area contributed by atoms with Crippen LogP contribution in [0.1, 0.15) is 12.0 Å². The van der Waals surface area contributed by atoms with Gasteiger partial charge in [-0.05, 0) is 23.8 Å². The fraction of sp³-hybridized carbons (Fsp3) is 0.500. The Morgan fingerprint density at radius 1 is 1.28 bits per heavy atom. The van der Waals surface area contributed by atoms with Crippen LogP contribution in [0.4, 0.5) is 0 Å². The number of aromatic hydroxyl groups is 2. The van der Waals surface area contributed by atoms with Gasteiger partial charge in [0.05, 0.1) is 25.9 Å². The summed E-state index contributed by atoms with van der Waals surface area (Å²) in [5.41, 5.74) is 0.382. The number of hydrogen-bond donors (Lipinski definition) is 7. The van der Waals surface area contributed by atoms with Crippen molar-refractivity contribution < 1.29 is 54.4 Å². The van der Waals surface area contributed by atoms with E-state index in [9.17, 15) is 40.2 Å². The molecule has 0 bridgehead atoms. The third-order valence-corrected chi connectivity index (χ3v) is 5.05. The predicted molar refractivity (Wildman–Crippen MR) is 107 cm³/mol. The molecule has 7 N–H and O–H groups in total. The maximum absolute atomic E-state index is 12.4. The summed E-state index contributed by atoms with van der Waals surface area (Å²) in [5, 5.41) is 61.4. The van der Waals surface area contributed by atoms with Crippen molar-refractivity contribution in [2.75, 3.05) is 20.8 Å². The molecule has 0 unspecified atom stereocenters. The number of rotatable bonds is 8. The summed E-state index contributed by atoms with van der Waals surface area (Å²) >= 11 is 0. The van der Waals surface area contributed by atoms with Crippen LogP contribution in [0.5, 0.6) is 11.5 Å². The second-order valence-corrected chi connectivity index (χ2v) is 7.16. The zero-order valence-corrected chi connectivity index (χ0v) is 17.4. The van der Waals surface area contributed by atoms with Crippen LogP contribution in [0, 0.1) is 0 Å². The van der Waals surface area contributed by atoms with Crippen LogP contribution in [0.2, 0.25) is 0 Å². The van der Waals surface area contributed by atoms with Crippen molar-refractivity contribution in [1.29, 1.82) is 0 Å². The molecule has 0 saturated carbocycles. The lowest BCUT2D eigenvalue weighted by Crippen LogP contribution is -2.67. The SMILES string of the molecule is COC(=O)[C@]1(OC)C[C@H](O)[C@@H](NC(=O)/C=C/c2ccc(O)c(O)c2)[C@H]([C@H](O)[C@H](O)CO)O1. The molecule has 1 aliphatic heterocycles. The number of phenolic OH excluding ortho intramolecular Hbond substituents is 2. The fourth-order valence-electron chi connectivity index (χ4n) is 3.28. The molecule has 1 saturated heterocycles. The van der Waals surface area contributed by atoms with E-state index in [-0.39, 0.29) is 11.5 Å². The van der Waals surface area contributed by atoms with Crippen molar-refractivity contribution in [2.45, 2.75) is 42.7 Å². The number of phenols is 2. The lowest BCUT2D eigenvalue weighted by atomic mass is 9.88. The molecule has 0 aromatic heterocycles. The highest BCUT2D eigenvalue weighted by Gasteiger charge is 2.55. The predicted octanol–water partition coefficient (Wildman–Crippen LogP) is -2.02. The Balaban J connectivity index is 2.26. The van der Waals surface area contributed by atoms with E-state index in [1.807, 2.05) is 0 Å². The first-order valence-corrected chi connectivity index (χ1v) is 9.55. The smallest absolute Gasteiger partial charge is 0.366 e. The van der Waals surface area contributed by atoms with E-state index in [1.165, 1.54) is 24.3 Å². The summed E-state index contributed by atoms with van der Waals surface area (Å²) in [7, 11) is 2.18. The van der Waals surface area contributed by atoms with Gasteiger partial charge in [-0.25, -0.2) is 4.79 Å². The molecule has 0 aliphatic carbocycles. The summed E-state index contributed by atoms with van der Waals surface area (Å²) in [6.07, 6.45) is -4.69. The van der Waals surface area contributed by atoms with Crippen LogP contribution >= 0.6 is 0 Å². The molecule has 0 spiro atoms. The van der Waals surface area contributed by atoms with Gasteiger partial charge in [0.1, 0.15) is 18.3 Å². The number of hydrogen-bond acceptors (Lipinski definition) is 11. The molecule has 6 atom stereocenters. The van der Waals surface area contributed by atoms with Gasteiger partial charge in [0, 0.05) is 19.6 Å². The molecular formula is C20H27NO11. The molecule has 32 heavy (non-hydrogen) atoms. The maximum Gasteiger partial charge on any atom is 0.366 e. The average molecular weight is 457 g/mol. The number of esters is 1. The minimum atomic E-state index is -2.12. The van der Waals surface area contributed by atoms with Crippen molar-refractivity contribution in [3.63, 3.8) is 0 Å². The van der Waals surface area contributed by atoms with Gasteiger partial charge in [0.15, 0.2) is 11.5 Å². The Morgan fingerprint density at radius 2 is 1.97 bits per heavy atom. The lowest BCUT2D eigenvalue weighted by Gasteiger charge is -2.46. The first kappa shape index (κ1) is 25.5. The van der Waals surface area contributed by atoms with Gasteiger partial charge in [0.2, 0.25) is 5.91 Å². The van der Waals surface area contributed by atoms with Crippen molar-refractivity contribution in [3.05, 3.63) is 29.8 Å². The number of aliphatic hydroxyl groups excluding tert-OH is 4. The minimum Gasteiger partial charge on any atom is -0.504 e. The average Bonchev–Trinajstić information content (AvgIpc) is 2.79. The van der Waals surface area contributed by atoms with Gasteiger partial charge < -0.3 is 50.2 Å². The van der Waals surface area contributed by atoms with Crippen molar-refractivity contribution in [1.82, 2.24) is 5.32 Å². The number of aliphatic hydroxyl groups is 4. The van der Waals surface area contributed by atoms with Crippen LogP contribution in [0.25, 0.3) is 6.08 Å².